The van der Waals surface area contributed by atoms with Crippen LogP contribution in [-0.2, 0) is 4.79 Å². The van der Waals surface area contributed by atoms with Crippen LogP contribution in [0, 0.1) is 5.92 Å². The van der Waals surface area contributed by atoms with E-state index in [1.807, 2.05) is 4.90 Å². The minimum atomic E-state index is -2.94. The number of hydrogen-bond donors (Lipinski definition) is 0. The molecule has 5 nitrogen and oxygen atoms in total. The fourth-order valence-electron chi connectivity index (χ4n) is 3.85. The van der Waals surface area contributed by atoms with Crippen LogP contribution < -0.4 is 4.74 Å². The molecule has 1 aliphatic heterocycles. The maximum atomic E-state index is 12.8. The Bertz CT molecular complexity index is 999. The Morgan fingerprint density at radius 3 is 2.89 bits per heavy atom. The Morgan fingerprint density at radius 1 is 1.33 bits per heavy atom. The highest BCUT2D eigenvalue weighted by molar-refractivity contribution is 6.08. The summed E-state index contributed by atoms with van der Waals surface area (Å²) in [6.07, 6.45) is 3.63. The van der Waals surface area contributed by atoms with E-state index in [1.54, 1.807) is 24.5 Å². The molecule has 3 aromatic rings. The van der Waals surface area contributed by atoms with Gasteiger partial charge in [0, 0.05) is 48.6 Å². The normalized spacial score (nSPS) is 17.8. The highest BCUT2D eigenvalue weighted by Gasteiger charge is 2.33. The summed E-state index contributed by atoms with van der Waals surface area (Å²) in [4.78, 5) is 18.4. The lowest BCUT2D eigenvalue weighted by Crippen LogP contribution is -2.29. The van der Waals surface area contributed by atoms with Gasteiger partial charge in [0.25, 0.3) is 0 Å². The quantitative estimate of drug-likeness (QED) is 0.657. The molecule has 0 bridgehead atoms. The van der Waals surface area contributed by atoms with Gasteiger partial charge in [-0.15, -0.1) is 0 Å². The summed E-state index contributed by atoms with van der Waals surface area (Å²) < 4.78 is 36.1. The molecular formula is C20H20F2N2O3. The molecule has 1 amide bonds. The third kappa shape index (κ3) is 3.22. The van der Waals surface area contributed by atoms with Gasteiger partial charge in [-0.25, -0.2) is 0 Å². The Morgan fingerprint density at radius 2 is 2.15 bits per heavy atom. The molecular weight excluding hydrogens is 354 g/mol. The number of amides is 1. The van der Waals surface area contributed by atoms with Gasteiger partial charge in [-0.1, -0.05) is 19.9 Å². The molecule has 0 saturated carbocycles. The van der Waals surface area contributed by atoms with Gasteiger partial charge in [0.05, 0.1) is 0 Å². The van der Waals surface area contributed by atoms with Crippen LogP contribution in [0.3, 0.4) is 0 Å². The minimum Gasteiger partial charge on any atom is -0.452 e. The van der Waals surface area contributed by atoms with Crippen molar-refractivity contribution in [3.05, 3.63) is 36.2 Å². The number of halogens is 2. The van der Waals surface area contributed by atoms with Crippen molar-refractivity contribution in [2.45, 2.75) is 32.8 Å². The molecule has 1 aliphatic rings. The molecule has 1 saturated heterocycles. The predicted molar refractivity (Wildman–Crippen MR) is 96.9 cm³/mol. The maximum Gasteiger partial charge on any atom is 0.387 e. The summed E-state index contributed by atoms with van der Waals surface area (Å²) in [7, 11) is 0. The minimum absolute atomic E-state index is 0.0108. The van der Waals surface area contributed by atoms with E-state index in [4.69, 9.17) is 4.42 Å². The van der Waals surface area contributed by atoms with Gasteiger partial charge >= 0.3 is 6.61 Å². The SMILES string of the molecule is CC(C)CN1CC(c2ccc(OC(F)F)c3oc4ccncc4c23)CC1=O. The molecule has 2 aromatic heterocycles. The molecule has 0 N–H and O–H groups in total. The third-order valence-electron chi connectivity index (χ3n) is 4.87. The van der Waals surface area contributed by atoms with Crippen LogP contribution in [0.25, 0.3) is 21.9 Å². The Kier molecular flexibility index (Phi) is 4.45. The van der Waals surface area contributed by atoms with Gasteiger partial charge in [0.2, 0.25) is 5.91 Å². The second-order valence-electron chi connectivity index (χ2n) is 7.30. The van der Waals surface area contributed by atoms with E-state index in [0.29, 0.717) is 36.4 Å². The first-order valence-corrected chi connectivity index (χ1v) is 8.95. The molecule has 0 radical (unpaired) electrons. The number of carbonyl (C=O) groups is 1. The van der Waals surface area contributed by atoms with Crippen molar-refractivity contribution in [3.8, 4) is 5.75 Å². The summed E-state index contributed by atoms with van der Waals surface area (Å²) in [6, 6.07) is 4.95. The second-order valence-corrected chi connectivity index (χ2v) is 7.30. The zero-order valence-electron chi connectivity index (χ0n) is 15.1. The van der Waals surface area contributed by atoms with E-state index >= 15 is 0 Å². The van der Waals surface area contributed by atoms with E-state index in [-0.39, 0.29) is 23.2 Å². The topological polar surface area (TPSA) is 55.6 Å². The number of hydrogen-bond acceptors (Lipinski definition) is 4. The molecule has 0 aliphatic carbocycles. The summed E-state index contributed by atoms with van der Waals surface area (Å²) >= 11 is 0. The molecule has 1 fully saturated rings. The van der Waals surface area contributed by atoms with E-state index in [0.717, 1.165) is 10.9 Å². The van der Waals surface area contributed by atoms with Crippen molar-refractivity contribution in [2.24, 2.45) is 5.92 Å². The second kappa shape index (κ2) is 6.79. The van der Waals surface area contributed by atoms with Gasteiger partial charge in [-0.2, -0.15) is 8.78 Å². The van der Waals surface area contributed by atoms with Crippen LogP contribution in [0.5, 0.6) is 5.75 Å². The van der Waals surface area contributed by atoms with Crippen LogP contribution in [-0.4, -0.2) is 35.5 Å². The van der Waals surface area contributed by atoms with Crippen LogP contribution >= 0.6 is 0 Å². The number of ether oxygens (including phenoxy) is 1. The maximum absolute atomic E-state index is 12.8. The largest absolute Gasteiger partial charge is 0.452 e. The highest BCUT2D eigenvalue weighted by Crippen LogP contribution is 2.42. The Hall–Kier alpha value is -2.70. The van der Waals surface area contributed by atoms with E-state index in [2.05, 4.69) is 23.6 Å². The predicted octanol–water partition coefficient (Wildman–Crippen LogP) is 4.55. The number of aromatic nitrogens is 1. The van der Waals surface area contributed by atoms with Crippen molar-refractivity contribution >= 4 is 27.8 Å². The molecule has 1 aromatic carbocycles. The van der Waals surface area contributed by atoms with Crippen LogP contribution in [0.15, 0.2) is 35.0 Å². The first-order chi connectivity index (χ1) is 12.9. The summed E-state index contributed by atoms with van der Waals surface area (Å²) in [5.41, 5.74) is 1.72. The van der Waals surface area contributed by atoms with E-state index in [1.165, 1.54) is 6.07 Å². The molecule has 1 unspecified atom stereocenters. The molecule has 7 heteroatoms. The van der Waals surface area contributed by atoms with Crippen LogP contribution in [0.1, 0.15) is 31.7 Å². The van der Waals surface area contributed by atoms with Crippen LogP contribution in [0.4, 0.5) is 8.78 Å². The Balaban J connectivity index is 1.83. The van der Waals surface area contributed by atoms with Gasteiger partial charge in [0.15, 0.2) is 11.3 Å². The van der Waals surface area contributed by atoms with Crippen LogP contribution in [0.2, 0.25) is 0 Å². The molecule has 27 heavy (non-hydrogen) atoms. The number of likely N-dealkylation sites (tertiary alicyclic amines) is 1. The first kappa shape index (κ1) is 17.7. The smallest absolute Gasteiger partial charge is 0.387 e. The molecule has 1 atom stereocenters. The summed E-state index contributed by atoms with van der Waals surface area (Å²) in [6.45, 7) is 2.52. The molecule has 0 spiro atoms. The highest BCUT2D eigenvalue weighted by atomic mass is 19.3. The number of nitrogens with zero attached hydrogens (tertiary/aromatic N) is 2. The lowest BCUT2D eigenvalue weighted by Gasteiger charge is -2.19. The number of fused-ring (bicyclic) bond motifs is 3. The number of alkyl halides is 2. The lowest BCUT2D eigenvalue weighted by molar-refractivity contribution is -0.128. The zero-order valence-corrected chi connectivity index (χ0v) is 15.1. The number of rotatable bonds is 5. The lowest BCUT2D eigenvalue weighted by atomic mass is 9.93. The summed E-state index contributed by atoms with van der Waals surface area (Å²) in [5, 5.41) is 1.43. The van der Waals surface area contributed by atoms with Gasteiger partial charge in [-0.3, -0.25) is 9.78 Å². The number of carbonyl (C=O) groups excluding carboxylic acids is 1. The Labute approximate surface area is 154 Å². The van der Waals surface area contributed by atoms with E-state index < -0.39 is 6.61 Å². The summed E-state index contributed by atoms with van der Waals surface area (Å²) in [5.74, 6) is 0.456. The fraction of sp³-hybridized carbons (Fsp3) is 0.400. The van der Waals surface area contributed by atoms with Crippen molar-refractivity contribution in [1.29, 1.82) is 0 Å². The van der Waals surface area contributed by atoms with E-state index in [9.17, 15) is 13.6 Å². The molecule has 4 rings (SSSR count). The number of furan rings is 1. The average Bonchev–Trinajstić information content (AvgIpc) is 3.16. The molecule has 3 heterocycles. The van der Waals surface area contributed by atoms with Crippen molar-refractivity contribution in [1.82, 2.24) is 9.88 Å². The average molecular weight is 374 g/mol. The number of benzene rings is 1. The fourth-order valence-corrected chi connectivity index (χ4v) is 3.85. The van der Waals surface area contributed by atoms with Gasteiger partial charge in [0.1, 0.15) is 5.58 Å². The molecule has 142 valence electrons. The van der Waals surface area contributed by atoms with Crippen molar-refractivity contribution in [2.75, 3.05) is 13.1 Å². The van der Waals surface area contributed by atoms with Gasteiger partial charge < -0.3 is 14.1 Å². The van der Waals surface area contributed by atoms with Gasteiger partial charge in [-0.05, 0) is 23.6 Å². The number of pyridine rings is 1. The van der Waals surface area contributed by atoms with Crippen molar-refractivity contribution in [3.63, 3.8) is 0 Å². The standard InChI is InChI=1S/C20H20F2N2O3/c1-11(2)9-24-10-12(7-17(24)25)13-3-4-16(27-20(21)22)19-18(13)14-8-23-6-5-15(14)26-19/h3-6,8,11-12,20H,7,9-10H2,1-2H3. The monoisotopic (exact) mass is 374 g/mol. The van der Waals surface area contributed by atoms with Crippen molar-refractivity contribution < 1.29 is 22.7 Å². The first-order valence-electron chi connectivity index (χ1n) is 8.95. The zero-order chi connectivity index (χ0) is 19.1. The third-order valence-corrected chi connectivity index (χ3v) is 4.87.